The number of carbonyl (C=O) groups excluding carboxylic acids is 1. The molecule has 4 heteroatoms. The van der Waals surface area contributed by atoms with Gasteiger partial charge < -0.3 is 0 Å². The molecule has 0 aliphatic rings. The number of rotatable bonds is 3. The van der Waals surface area contributed by atoms with Crippen LogP contribution >= 0.6 is 0 Å². The van der Waals surface area contributed by atoms with Crippen LogP contribution in [0.5, 0.6) is 0 Å². The van der Waals surface area contributed by atoms with Gasteiger partial charge in [-0.3, -0.25) is 0 Å². The summed E-state index contributed by atoms with van der Waals surface area (Å²) in [5, 5.41) is 0. The Morgan fingerprint density at radius 2 is 2.17 bits per heavy atom. The maximum atomic E-state index is 12.5. The van der Waals surface area contributed by atoms with Crippen LogP contribution in [-0.2, 0) is 28.9 Å². The van der Waals surface area contributed by atoms with Crippen LogP contribution in [0.2, 0.25) is 0 Å². The molecule has 0 saturated heterocycles. The Hall–Kier alpha value is -0.562. The van der Waals surface area contributed by atoms with Crippen LogP contribution in [0.3, 0.4) is 0 Å². The van der Waals surface area contributed by atoms with Gasteiger partial charge in [0.25, 0.3) is 0 Å². The van der Waals surface area contributed by atoms with E-state index in [4.69, 9.17) is 6.58 Å². The van der Waals surface area contributed by atoms with Gasteiger partial charge in [0.15, 0.2) is 0 Å². The number of hydrogen-bond donors (Lipinski definition) is 0. The van der Waals surface area contributed by atoms with E-state index >= 15 is 0 Å². The SMILES string of the molecule is [CH-]=C(/C=C(/C)[C](F)=[W])C(=O)OC. The first-order valence-corrected chi connectivity index (χ1v) is 4.54. The Balaban J connectivity index is 4.44. The van der Waals surface area contributed by atoms with Gasteiger partial charge in [-0.25, -0.2) is 0 Å². The molecule has 0 heterocycles. The maximum absolute atomic E-state index is 12.5. The average Bonchev–Trinajstić information content (AvgIpc) is 2.02. The molecule has 12 heavy (non-hydrogen) atoms. The van der Waals surface area contributed by atoms with Crippen molar-refractivity contribution >= 4 is 10.1 Å². The molecule has 0 amide bonds. The van der Waals surface area contributed by atoms with Crippen molar-refractivity contribution in [3.05, 3.63) is 23.8 Å². The second-order valence-electron chi connectivity index (χ2n) is 2.05. The van der Waals surface area contributed by atoms with E-state index in [2.05, 4.69) is 4.74 Å². The number of halogens is 1. The molecular formula is C8H8FO2W-. The molecule has 0 radical (unpaired) electrons. The second-order valence-corrected chi connectivity index (χ2v) is 3.34. The predicted molar refractivity (Wildman–Crippen MR) is 39.7 cm³/mol. The van der Waals surface area contributed by atoms with Gasteiger partial charge in [0.05, 0.1) is 0 Å². The zero-order valence-electron chi connectivity index (χ0n) is 6.76. The zero-order valence-corrected chi connectivity index (χ0v) is 9.69. The fourth-order valence-electron chi connectivity index (χ4n) is 0.467. The molecule has 0 unspecified atom stereocenters. The van der Waals surface area contributed by atoms with Crippen molar-refractivity contribution in [3.63, 3.8) is 0 Å². The van der Waals surface area contributed by atoms with Crippen molar-refractivity contribution < 1.29 is 33.3 Å². The molecule has 0 aromatic heterocycles. The van der Waals surface area contributed by atoms with Gasteiger partial charge in [0.1, 0.15) is 0 Å². The van der Waals surface area contributed by atoms with Crippen LogP contribution in [0, 0.1) is 6.58 Å². The Morgan fingerprint density at radius 3 is 2.50 bits per heavy atom. The average molecular weight is 339 g/mol. The summed E-state index contributed by atoms with van der Waals surface area (Å²) in [6.07, 6.45) is 1.26. The normalized spacial score (nSPS) is 10.8. The third kappa shape index (κ3) is 3.72. The second kappa shape index (κ2) is 5.15. The summed E-state index contributed by atoms with van der Waals surface area (Å²) in [5.74, 6) is -0.648. The molecule has 0 N–H and O–H groups in total. The van der Waals surface area contributed by atoms with Gasteiger partial charge in [-0.1, -0.05) is 0 Å². The monoisotopic (exact) mass is 339 g/mol. The third-order valence-electron chi connectivity index (χ3n) is 1.10. The molecule has 0 fully saturated rings. The first kappa shape index (κ1) is 11.4. The number of hydrogen-bond acceptors (Lipinski definition) is 2. The molecule has 0 aromatic carbocycles. The van der Waals surface area contributed by atoms with Gasteiger partial charge >= 0.3 is 81.2 Å². The van der Waals surface area contributed by atoms with Crippen molar-refractivity contribution in [1.29, 1.82) is 0 Å². The van der Waals surface area contributed by atoms with E-state index in [0.717, 1.165) is 0 Å². The quantitative estimate of drug-likeness (QED) is 0.333. The minimum absolute atomic E-state index is 0.0913. The van der Waals surface area contributed by atoms with Crippen molar-refractivity contribution in [3.8, 4) is 0 Å². The van der Waals surface area contributed by atoms with Crippen molar-refractivity contribution in [2.24, 2.45) is 0 Å². The predicted octanol–water partition coefficient (Wildman–Crippen LogP) is 1.11. The Bertz CT molecular complexity index is 256. The first-order valence-electron chi connectivity index (χ1n) is 3.08. The first-order chi connectivity index (χ1) is 5.49. The van der Waals surface area contributed by atoms with E-state index in [1.807, 2.05) is 0 Å². The molecule has 0 spiro atoms. The number of allylic oxidation sites excluding steroid dienone is 1. The van der Waals surface area contributed by atoms with Crippen LogP contribution in [0.15, 0.2) is 17.2 Å². The van der Waals surface area contributed by atoms with E-state index in [-0.39, 0.29) is 9.72 Å². The minimum atomic E-state index is -0.648. The summed E-state index contributed by atoms with van der Waals surface area (Å²) in [5.41, 5.74) is 0.263. The summed E-state index contributed by atoms with van der Waals surface area (Å²) >= 11 is 0.705. The van der Waals surface area contributed by atoms with E-state index < -0.39 is 5.97 Å². The van der Waals surface area contributed by atoms with Gasteiger partial charge in [-0.05, 0) is 0 Å². The molecular weight excluding hydrogens is 331 g/mol. The summed E-state index contributed by atoms with van der Waals surface area (Å²) in [7, 11) is 1.22. The number of ether oxygens (including phenoxy) is 1. The van der Waals surface area contributed by atoms with E-state index in [0.29, 0.717) is 24.9 Å². The Kier molecular flexibility index (Phi) is 4.91. The number of methoxy groups -OCH3 is 1. The topological polar surface area (TPSA) is 26.3 Å². The summed E-state index contributed by atoms with van der Waals surface area (Å²) in [6.45, 7) is 6.80. The molecule has 0 atom stereocenters. The summed E-state index contributed by atoms with van der Waals surface area (Å²) < 4.78 is 16.5. The number of esters is 1. The van der Waals surface area contributed by atoms with Crippen LogP contribution in [0.4, 0.5) is 4.39 Å². The fraction of sp³-hybridized carbons (Fsp3) is 0.250. The molecule has 2 nitrogen and oxygen atoms in total. The van der Waals surface area contributed by atoms with Crippen molar-refractivity contribution in [2.45, 2.75) is 6.92 Å². The molecule has 0 aliphatic heterocycles. The molecule has 0 rings (SSSR count). The van der Waals surface area contributed by atoms with Gasteiger partial charge in [-0.2, -0.15) is 0 Å². The van der Waals surface area contributed by atoms with Gasteiger partial charge in [0, 0.05) is 0 Å². The molecule has 0 aromatic rings. The third-order valence-corrected chi connectivity index (χ3v) is 2.26. The van der Waals surface area contributed by atoms with Crippen LogP contribution in [0.1, 0.15) is 6.92 Å². The van der Waals surface area contributed by atoms with Crippen LogP contribution in [-0.4, -0.2) is 17.2 Å². The molecule has 0 aliphatic carbocycles. The molecule has 0 saturated carbocycles. The van der Waals surface area contributed by atoms with Crippen molar-refractivity contribution in [1.82, 2.24) is 0 Å². The number of carbonyl (C=O) groups is 1. The zero-order chi connectivity index (χ0) is 9.72. The van der Waals surface area contributed by atoms with E-state index in [1.165, 1.54) is 20.1 Å². The van der Waals surface area contributed by atoms with E-state index in [1.54, 1.807) is 0 Å². The van der Waals surface area contributed by atoms with Crippen LogP contribution < -0.4 is 0 Å². The fourth-order valence-corrected chi connectivity index (χ4v) is 0.678. The molecule has 0 bridgehead atoms. The molecule has 66 valence electrons. The van der Waals surface area contributed by atoms with Gasteiger partial charge in [-0.15, -0.1) is 0 Å². The van der Waals surface area contributed by atoms with Crippen molar-refractivity contribution in [2.75, 3.05) is 7.11 Å². The van der Waals surface area contributed by atoms with Gasteiger partial charge in [0.2, 0.25) is 0 Å². The van der Waals surface area contributed by atoms with E-state index in [9.17, 15) is 9.18 Å². The summed E-state index contributed by atoms with van der Waals surface area (Å²) in [6, 6.07) is 0. The Labute approximate surface area is 81.5 Å². The van der Waals surface area contributed by atoms with Crippen LogP contribution in [0.25, 0.3) is 0 Å². The standard InChI is InChI=1S/C8H8FO2.W/c1-6(5-9)4-7(2)8(10)11-3;/h2,4H,1,3H3;/q-1;/b6-4-;. The summed E-state index contributed by atoms with van der Waals surface area (Å²) in [4.78, 5) is 10.7. The Morgan fingerprint density at radius 1 is 1.67 bits per heavy atom.